The van der Waals surface area contributed by atoms with Crippen LogP contribution in [0.2, 0.25) is 0 Å². The van der Waals surface area contributed by atoms with Gasteiger partial charge in [0, 0.05) is 42.0 Å². The molecule has 0 spiro atoms. The Morgan fingerprint density at radius 3 is 2.48 bits per heavy atom. The van der Waals surface area contributed by atoms with Crippen LogP contribution in [0.15, 0.2) is 59.8 Å². The molecule has 1 aliphatic rings. The van der Waals surface area contributed by atoms with Crippen LogP contribution in [-0.2, 0) is 18.0 Å². The minimum atomic E-state index is -4.54. The minimum absolute atomic E-state index is 0.00730. The van der Waals surface area contributed by atoms with Gasteiger partial charge >= 0.3 is 18.2 Å². The van der Waals surface area contributed by atoms with Crippen LogP contribution in [0.4, 0.5) is 35.2 Å². The third-order valence-corrected chi connectivity index (χ3v) is 8.16. The number of carboxylic acid groups (broad SMARTS) is 1. The number of nitrogens with zero attached hydrogens (tertiary/aromatic N) is 6. The van der Waals surface area contributed by atoms with Crippen molar-refractivity contribution >= 4 is 40.2 Å². The first-order valence-corrected chi connectivity index (χ1v) is 13.5. The Labute approximate surface area is 248 Å². The molecule has 1 saturated carbocycles. The number of alkyl halides is 3. The summed E-state index contributed by atoms with van der Waals surface area (Å²) in [5.74, 6) is -0.581. The molecule has 0 unspecified atom stereocenters. The number of carboxylic acids is 1. The number of hydrogen-bond donors (Lipinski definition) is 4. The Balaban J connectivity index is 1.45. The highest BCUT2D eigenvalue weighted by Crippen LogP contribution is 2.58. The zero-order chi connectivity index (χ0) is 31.8. The summed E-state index contributed by atoms with van der Waals surface area (Å²) in [6.45, 7) is 4.06. The number of aryl methyl sites for hydroxylation is 1. The highest BCUT2D eigenvalue weighted by molar-refractivity contribution is 6.02. The van der Waals surface area contributed by atoms with Gasteiger partial charge in [-0.1, -0.05) is 32.0 Å². The van der Waals surface area contributed by atoms with E-state index in [1.165, 1.54) is 12.1 Å². The van der Waals surface area contributed by atoms with Gasteiger partial charge in [0.2, 0.25) is 0 Å². The molecule has 0 saturated heterocycles. The number of aromatic nitrogens is 3. The molecular weight excluding hydrogens is 579 g/mol. The average molecular weight is 608 g/mol. The number of halogens is 3. The van der Waals surface area contributed by atoms with Crippen molar-refractivity contribution in [2.75, 3.05) is 16.1 Å². The second kappa shape index (κ2) is 11.4. The zero-order valence-electron chi connectivity index (χ0n) is 23.8. The predicted octanol–water partition coefficient (Wildman–Crippen LogP) is 7.54. The highest BCUT2D eigenvalue weighted by atomic mass is 19.4. The van der Waals surface area contributed by atoms with Gasteiger partial charge in [0.1, 0.15) is 0 Å². The Bertz CT molecular complexity index is 1800. The molecule has 2 heterocycles. The molecule has 2 amide bonds. The van der Waals surface area contributed by atoms with Gasteiger partial charge in [-0.05, 0) is 64.9 Å². The van der Waals surface area contributed by atoms with Gasteiger partial charge in [0.15, 0.2) is 5.65 Å². The van der Waals surface area contributed by atoms with Crippen molar-refractivity contribution in [2.24, 2.45) is 23.6 Å². The molecule has 1 aliphatic carbocycles. The largest absolute Gasteiger partial charge is 0.481 e. The standard InChI is InChI=1S/C29H28F3N9O3/c1-28(2)17(13-23(42)43)12-21(28)22-14-20(24-25(37-40-39-33)38-41(3)26(24)36-22)15-7-9-18(10-8-15)34-27(44)35-19-6-4-5-16(11-19)29(30,31)32/h4-11,14,17,21H,12-13H2,1-3H3,(H,37,38)(H,42,43)(H2,34,35,44)/t17-,21+/m0/s1. The van der Waals surface area contributed by atoms with E-state index in [1.807, 2.05) is 19.9 Å². The number of nitrogens with one attached hydrogen (secondary N) is 3. The smallest absolute Gasteiger partial charge is 0.416 e. The summed E-state index contributed by atoms with van der Waals surface area (Å²) in [5.41, 5.74) is 13.4. The lowest BCUT2D eigenvalue weighted by molar-refractivity contribution is -0.141. The van der Waals surface area contributed by atoms with E-state index in [9.17, 15) is 27.9 Å². The number of amides is 2. The van der Waals surface area contributed by atoms with Crippen LogP contribution in [0.25, 0.3) is 32.6 Å². The second-order valence-electron chi connectivity index (χ2n) is 11.2. The first-order valence-electron chi connectivity index (χ1n) is 13.5. The molecule has 2 aromatic carbocycles. The van der Waals surface area contributed by atoms with E-state index < -0.39 is 23.7 Å². The SMILES string of the molecule is Cn1nc(NN=[N+]=[N-])c2c(-c3ccc(NC(=O)Nc4cccc(C(F)(F)F)c4)cc3)cc([C@H]3C[C@@H](CC(=O)O)C3(C)C)nc21. The van der Waals surface area contributed by atoms with E-state index in [4.69, 9.17) is 10.5 Å². The summed E-state index contributed by atoms with van der Waals surface area (Å²) >= 11 is 0. The number of azide groups is 1. The van der Waals surface area contributed by atoms with Crippen LogP contribution in [-0.4, -0.2) is 31.9 Å². The summed E-state index contributed by atoms with van der Waals surface area (Å²) in [6.07, 6.45) is -3.81. The lowest BCUT2D eigenvalue weighted by Gasteiger charge is -2.51. The molecule has 2 aromatic heterocycles. The Hall–Kier alpha value is -5.30. The van der Waals surface area contributed by atoms with Crippen LogP contribution >= 0.6 is 0 Å². The number of carbonyl (C=O) groups excluding carboxylic acids is 1. The number of urea groups is 1. The molecule has 0 radical (unpaired) electrons. The summed E-state index contributed by atoms with van der Waals surface area (Å²) in [7, 11) is 1.71. The molecule has 0 aliphatic heterocycles. The maximum Gasteiger partial charge on any atom is 0.416 e. The van der Waals surface area contributed by atoms with Gasteiger partial charge < -0.3 is 15.7 Å². The van der Waals surface area contributed by atoms with Crippen molar-refractivity contribution in [1.29, 1.82) is 0 Å². The molecule has 228 valence electrons. The fourth-order valence-corrected chi connectivity index (χ4v) is 5.70. The summed E-state index contributed by atoms with van der Waals surface area (Å²) in [4.78, 5) is 31.5. The molecule has 15 heteroatoms. The molecule has 0 bridgehead atoms. The van der Waals surface area contributed by atoms with Crippen LogP contribution in [0.3, 0.4) is 0 Å². The number of rotatable bonds is 8. The van der Waals surface area contributed by atoms with Gasteiger partial charge in [0.05, 0.1) is 10.9 Å². The molecule has 44 heavy (non-hydrogen) atoms. The molecule has 5 rings (SSSR count). The summed E-state index contributed by atoms with van der Waals surface area (Å²) in [5, 5.41) is 22.8. The van der Waals surface area contributed by atoms with E-state index in [0.29, 0.717) is 28.7 Å². The molecule has 4 N–H and O–H groups in total. The molecule has 12 nitrogen and oxygen atoms in total. The number of carbonyl (C=O) groups is 2. The van der Waals surface area contributed by atoms with E-state index in [0.717, 1.165) is 23.4 Å². The fraction of sp³-hybridized carbons (Fsp3) is 0.310. The van der Waals surface area contributed by atoms with Crippen LogP contribution in [0.5, 0.6) is 0 Å². The molecular formula is C29H28F3N9O3. The third kappa shape index (κ3) is 5.95. The first-order chi connectivity index (χ1) is 20.8. The molecule has 1 fully saturated rings. The van der Waals surface area contributed by atoms with Crippen LogP contribution in [0.1, 0.15) is 43.9 Å². The van der Waals surface area contributed by atoms with Crippen molar-refractivity contribution in [3.05, 3.63) is 76.3 Å². The minimum Gasteiger partial charge on any atom is -0.481 e. The van der Waals surface area contributed by atoms with Crippen molar-refractivity contribution in [3.8, 4) is 11.1 Å². The lowest BCUT2D eigenvalue weighted by atomic mass is 9.53. The van der Waals surface area contributed by atoms with Gasteiger partial charge in [-0.2, -0.15) is 18.1 Å². The van der Waals surface area contributed by atoms with E-state index in [2.05, 4.69) is 31.3 Å². The number of fused-ring (bicyclic) bond motifs is 1. The normalized spacial score (nSPS) is 17.3. The lowest BCUT2D eigenvalue weighted by Crippen LogP contribution is -2.44. The Morgan fingerprint density at radius 2 is 1.84 bits per heavy atom. The molecule has 4 aromatic rings. The van der Waals surface area contributed by atoms with E-state index in [-0.39, 0.29) is 35.2 Å². The van der Waals surface area contributed by atoms with Gasteiger partial charge in [-0.15, -0.1) is 10.6 Å². The average Bonchev–Trinajstić information content (AvgIpc) is 3.28. The fourth-order valence-electron chi connectivity index (χ4n) is 5.70. The van der Waals surface area contributed by atoms with Crippen LogP contribution in [0, 0.1) is 11.3 Å². The monoisotopic (exact) mass is 607 g/mol. The number of anilines is 3. The zero-order valence-corrected chi connectivity index (χ0v) is 23.8. The number of benzene rings is 2. The van der Waals surface area contributed by atoms with Gasteiger partial charge in [-0.3, -0.25) is 4.79 Å². The highest BCUT2D eigenvalue weighted by Gasteiger charge is 2.50. The molecule has 2 atom stereocenters. The van der Waals surface area contributed by atoms with Gasteiger partial charge in [-0.25, -0.2) is 19.9 Å². The van der Waals surface area contributed by atoms with Crippen molar-refractivity contribution in [1.82, 2.24) is 14.8 Å². The quantitative estimate of drug-likeness (QED) is 0.0698. The number of pyridine rings is 1. The third-order valence-electron chi connectivity index (χ3n) is 8.16. The Morgan fingerprint density at radius 1 is 1.14 bits per heavy atom. The van der Waals surface area contributed by atoms with E-state index in [1.54, 1.807) is 36.0 Å². The predicted molar refractivity (Wildman–Crippen MR) is 158 cm³/mol. The maximum absolute atomic E-state index is 13.0. The maximum atomic E-state index is 13.0. The topological polar surface area (TPSA) is 170 Å². The summed E-state index contributed by atoms with van der Waals surface area (Å²) < 4.78 is 40.6. The van der Waals surface area contributed by atoms with Crippen molar-refractivity contribution < 1.29 is 27.9 Å². The number of hydrogen-bond acceptors (Lipinski definition) is 5. The van der Waals surface area contributed by atoms with E-state index >= 15 is 0 Å². The first kappa shape index (κ1) is 30.2. The van der Waals surface area contributed by atoms with Crippen molar-refractivity contribution in [2.45, 2.75) is 38.8 Å². The number of aliphatic carboxylic acids is 1. The second-order valence-corrected chi connectivity index (χ2v) is 11.2. The van der Waals surface area contributed by atoms with Crippen LogP contribution < -0.4 is 16.1 Å². The Kier molecular flexibility index (Phi) is 7.83. The van der Waals surface area contributed by atoms with Gasteiger partial charge in [0.25, 0.3) is 5.82 Å². The van der Waals surface area contributed by atoms with Crippen molar-refractivity contribution in [3.63, 3.8) is 0 Å². The summed E-state index contributed by atoms with van der Waals surface area (Å²) in [6, 6.07) is 12.3.